The molecule has 0 radical (unpaired) electrons. The van der Waals surface area contributed by atoms with Crippen LogP contribution in [0.1, 0.15) is 56.0 Å². The fourth-order valence-electron chi connectivity index (χ4n) is 4.69. The van der Waals surface area contributed by atoms with Gasteiger partial charge in [-0.2, -0.15) is 0 Å². The maximum atomic E-state index is 2.52. The molecule has 4 rings (SSSR count). The zero-order valence-electron chi connectivity index (χ0n) is 16.3. The number of aryl methyl sites for hydroxylation is 1. The third-order valence-corrected chi connectivity index (χ3v) is 5.97. The van der Waals surface area contributed by atoms with Crippen molar-refractivity contribution in [3.05, 3.63) is 77.1 Å². The number of allylic oxidation sites excluding steroid dienone is 4. The standard InChI is InChI=1S/C25H30N/c1-18(2)21-12-7-15-25-24(21)14-8-16-26(25)17-19(3)22-13-6-10-20-9-4-5-11-23(20)22/h4-5,8-9,11-14,16,18-19H,6-7,10,15,17H2,1-3H3/q+1. The van der Waals surface area contributed by atoms with E-state index in [0.29, 0.717) is 11.8 Å². The van der Waals surface area contributed by atoms with Gasteiger partial charge in [-0.05, 0) is 53.5 Å². The van der Waals surface area contributed by atoms with Gasteiger partial charge in [0.05, 0.1) is 0 Å². The first-order valence-electron chi connectivity index (χ1n) is 10.1. The van der Waals surface area contributed by atoms with Crippen LogP contribution in [0.15, 0.2) is 54.7 Å². The minimum Gasteiger partial charge on any atom is -0.201 e. The maximum Gasteiger partial charge on any atom is 0.189 e. The van der Waals surface area contributed by atoms with Crippen molar-refractivity contribution < 1.29 is 4.57 Å². The molecule has 0 saturated carbocycles. The molecule has 0 bridgehead atoms. The SMILES string of the molecule is CC(C)C1=CCCc2c1ccc[n+]2CC(C)C1=CCCc2ccccc21. The Labute approximate surface area is 158 Å². The molecule has 1 nitrogen and oxygen atoms in total. The Morgan fingerprint density at radius 1 is 0.846 bits per heavy atom. The Morgan fingerprint density at radius 3 is 2.42 bits per heavy atom. The van der Waals surface area contributed by atoms with E-state index < -0.39 is 0 Å². The maximum absolute atomic E-state index is 2.52. The van der Waals surface area contributed by atoms with Crippen molar-refractivity contribution in [2.75, 3.05) is 0 Å². The molecule has 2 aliphatic carbocycles. The Morgan fingerprint density at radius 2 is 1.58 bits per heavy atom. The number of pyridine rings is 1. The molecule has 0 N–H and O–H groups in total. The molecule has 134 valence electrons. The van der Waals surface area contributed by atoms with Gasteiger partial charge in [-0.3, -0.25) is 0 Å². The molecule has 1 aromatic carbocycles. The molecule has 1 heteroatoms. The van der Waals surface area contributed by atoms with Crippen LogP contribution in [0.25, 0.3) is 11.1 Å². The summed E-state index contributed by atoms with van der Waals surface area (Å²) in [7, 11) is 0. The summed E-state index contributed by atoms with van der Waals surface area (Å²) in [6.45, 7) is 8.08. The average Bonchev–Trinajstić information content (AvgIpc) is 2.67. The van der Waals surface area contributed by atoms with Crippen LogP contribution in [0, 0.1) is 11.8 Å². The first-order valence-corrected chi connectivity index (χ1v) is 10.1. The van der Waals surface area contributed by atoms with Crippen LogP contribution in [0.5, 0.6) is 0 Å². The number of nitrogens with zero attached hydrogens (tertiary/aromatic N) is 1. The van der Waals surface area contributed by atoms with Crippen LogP contribution in [0.2, 0.25) is 0 Å². The predicted molar refractivity (Wildman–Crippen MR) is 110 cm³/mol. The van der Waals surface area contributed by atoms with Crippen LogP contribution in [0.3, 0.4) is 0 Å². The smallest absolute Gasteiger partial charge is 0.189 e. The second kappa shape index (κ2) is 7.23. The summed E-state index contributed by atoms with van der Waals surface area (Å²) in [6.07, 6.45) is 11.9. The zero-order chi connectivity index (χ0) is 18.1. The van der Waals surface area contributed by atoms with Crippen molar-refractivity contribution in [2.24, 2.45) is 11.8 Å². The van der Waals surface area contributed by atoms with E-state index in [4.69, 9.17) is 0 Å². The fraction of sp³-hybridized carbons (Fsp3) is 0.400. The predicted octanol–water partition coefficient (Wildman–Crippen LogP) is 5.63. The van der Waals surface area contributed by atoms with E-state index in [9.17, 15) is 0 Å². The topological polar surface area (TPSA) is 3.88 Å². The van der Waals surface area contributed by atoms with Crippen LogP contribution >= 0.6 is 0 Å². The van der Waals surface area contributed by atoms with E-state index in [2.05, 4.69) is 80.1 Å². The van der Waals surface area contributed by atoms with Gasteiger partial charge in [0.1, 0.15) is 0 Å². The normalized spacial score (nSPS) is 17.2. The van der Waals surface area contributed by atoms with E-state index >= 15 is 0 Å². The highest BCUT2D eigenvalue weighted by Crippen LogP contribution is 2.33. The second-order valence-corrected chi connectivity index (χ2v) is 8.13. The summed E-state index contributed by atoms with van der Waals surface area (Å²) in [5.74, 6) is 1.12. The van der Waals surface area contributed by atoms with Crippen molar-refractivity contribution in [3.8, 4) is 0 Å². The van der Waals surface area contributed by atoms with E-state index in [1.807, 2.05) is 0 Å². The Bertz CT molecular complexity index is 869. The van der Waals surface area contributed by atoms with E-state index in [0.717, 1.165) is 13.0 Å². The molecule has 0 saturated heterocycles. The van der Waals surface area contributed by atoms with Crippen molar-refractivity contribution >= 4 is 11.1 Å². The first kappa shape index (κ1) is 17.3. The highest BCUT2D eigenvalue weighted by Gasteiger charge is 2.26. The lowest BCUT2D eigenvalue weighted by Gasteiger charge is -2.23. The highest BCUT2D eigenvalue weighted by molar-refractivity contribution is 5.71. The summed E-state index contributed by atoms with van der Waals surface area (Å²) < 4.78 is 2.52. The second-order valence-electron chi connectivity index (χ2n) is 8.13. The summed E-state index contributed by atoms with van der Waals surface area (Å²) >= 11 is 0. The number of aromatic nitrogens is 1. The third-order valence-electron chi connectivity index (χ3n) is 5.97. The summed E-state index contributed by atoms with van der Waals surface area (Å²) in [5.41, 5.74) is 9.04. The molecule has 0 aliphatic heterocycles. The average molecular weight is 345 g/mol. The van der Waals surface area contributed by atoms with Crippen molar-refractivity contribution in [1.29, 1.82) is 0 Å². The lowest BCUT2D eigenvalue weighted by atomic mass is 9.84. The summed E-state index contributed by atoms with van der Waals surface area (Å²) in [6, 6.07) is 13.5. The monoisotopic (exact) mass is 344 g/mol. The van der Waals surface area contributed by atoms with Crippen molar-refractivity contribution in [2.45, 2.75) is 53.0 Å². The molecule has 0 spiro atoms. The third kappa shape index (κ3) is 3.16. The van der Waals surface area contributed by atoms with Crippen LogP contribution < -0.4 is 4.57 Å². The molecule has 0 amide bonds. The number of benzene rings is 1. The summed E-state index contributed by atoms with van der Waals surface area (Å²) in [4.78, 5) is 0. The fourth-order valence-corrected chi connectivity index (χ4v) is 4.69. The van der Waals surface area contributed by atoms with Gasteiger partial charge in [0.25, 0.3) is 0 Å². The van der Waals surface area contributed by atoms with Gasteiger partial charge in [-0.15, -0.1) is 0 Å². The molecule has 2 aromatic rings. The van der Waals surface area contributed by atoms with Crippen LogP contribution in [0.4, 0.5) is 0 Å². The van der Waals surface area contributed by atoms with Crippen LogP contribution in [-0.2, 0) is 19.4 Å². The van der Waals surface area contributed by atoms with Gasteiger partial charge in [0.2, 0.25) is 0 Å². The molecule has 1 unspecified atom stereocenters. The number of hydrogen-bond donors (Lipinski definition) is 0. The van der Waals surface area contributed by atoms with E-state index in [1.54, 1.807) is 0 Å². The Kier molecular flexibility index (Phi) is 4.80. The molecular weight excluding hydrogens is 314 g/mol. The van der Waals surface area contributed by atoms with Crippen molar-refractivity contribution in [1.82, 2.24) is 0 Å². The molecular formula is C25H30N+. The quantitative estimate of drug-likeness (QED) is 0.633. The Hall–Kier alpha value is -2.15. The molecule has 0 fully saturated rings. The minimum atomic E-state index is 0.529. The van der Waals surface area contributed by atoms with Gasteiger partial charge in [-0.1, -0.05) is 57.2 Å². The number of rotatable bonds is 4. The first-order chi connectivity index (χ1) is 12.6. The molecule has 1 aromatic heterocycles. The highest BCUT2D eigenvalue weighted by atomic mass is 15.0. The van der Waals surface area contributed by atoms with Gasteiger partial charge >= 0.3 is 0 Å². The molecule has 1 heterocycles. The largest absolute Gasteiger partial charge is 0.201 e. The van der Waals surface area contributed by atoms with Gasteiger partial charge in [0.15, 0.2) is 18.4 Å². The Balaban J connectivity index is 1.64. The van der Waals surface area contributed by atoms with Gasteiger partial charge in [-0.25, -0.2) is 4.57 Å². The molecule has 2 aliphatic rings. The number of fused-ring (bicyclic) bond motifs is 2. The molecule has 26 heavy (non-hydrogen) atoms. The van der Waals surface area contributed by atoms with Crippen molar-refractivity contribution in [3.63, 3.8) is 0 Å². The van der Waals surface area contributed by atoms with Gasteiger partial charge < -0.3 is 0 Å². The van der Waals surface area contributed by atoms with Gasteiger partial charge in [0, 0.05) is 24.0 Å². The summed E-state index contributed by atoms with van der Waals surface area (Å²) in [5, 5.41) is 0. The lowest BCUT2D eigenvalue weighted by molar-refractivity contribution is -0.708. The van der Waals surface area contributed by atoms with E-state index in [1.165, 1.54) is 52.8 Å². The van der Waals surface area contributed by atoms with Crippen LogP contribution in [-0.4, -0.2) is 0 Å². The lowest BCUT2D eigenvalue weighted by Crippen LogP contribution is -2.42. The molecule has 1 atom stereocenters. The number of hydrogen-bond acceptors (Lipinski definition) is 0. The minimum absolute atomic E-state index is 0.529. The van der Waals surface area contributed by atoms with E-state index in [-0.39, 0.29) is 0 Å². The zero-order valence-corrected chi connectivity index (χ0v) is 16.3.